The van der Waals surface area contributed by atoms with Gasteiger partial charge in [-0.2, -0.15) is 0 Å². The molecule has 0 N–H and O–H groups in total. The van der Waals surface area contributed by atoms with Gasteiger partial charge in [0.25, 0.3) is 0 Å². The Morgan fingerprint density at radius 3 is 2.95 bits per heavy atom. The summed E-state index contributed by atoms with van der Waals surface area (Å²) < 4.78 is 5.89. The standard InChI is InChI=1S/C13H12ClNO3S/c1-3-18-13(16)11(15-17-2)9-7-19-12-8(9)5-4-6-10(12)14/h4-7H,3H2,1-2H3. The van der Waals surface area contributed by atoms with E-state index in [1.54, 1.807) is 6.92 Å². The summed E-state index contributed by atoms with van der Waals surface area (Å²) in [5.74, 6) is -0.510. The Labute approximate surface area is 119 Å². The highest BCUT2D eigenvalue weighted by molar-refractivity contribution is 7.18. The van der Waals surface area contributed by atoms with Crippen molar-refractivity contribution < 1.29 is 14.4 Å². The van der Waals surface area contributed by atoms with E-state index in [0.29, 0.717) is 10.6 Å². The van der Waals surface area contributed by atoms with Gasteiger partial charge in [-0.25, -0.2) is 4.79 Å². The van der Waals surface area contributed by atoms with Crippen molar-refractivity contribution in [3.63, 3.8) is 0 Å². The zero-order valence-electron chi connectivity index (χ0n) is 10.5. The first kappa shape index (κ1) is 13.8. The van der Waals surface area contributed by atoms with E-state index in [-0.39, 0.29) is 12.3 Å². The predicted octanol–water partition coefficient (Wildman–Crippen LogP) is 3.47. The van der Waals surface area contributed by atoms with Gasteiger partial charge in [-0.1, -0.05) is 28.9 Å². The molecular formula is C13H12ClNO3S. The van der Waals surface area contributed by atoms with Crippen LogP contribution in [0.15, 0.2) is 28.7 Å². The van der Waals surface area contributed by atoms with Crippen LogP contribution in [0.25, 0.3) is 10.1 Å². The van der Waals surface area contributed by atoms with Crippen LogP contribution in [0.4, 0.5) is 0 Å². The van der Waals surface area contributed by atoms with Crippen LogP contribution in [0.3, 0.4) is 0 Å². The Bertz CT molecular complexity index is 636. The minimum atomic E-state index is -0.510. The third-order valence-corrected chi connectivity index (χ3v) is 3.91. The van der Waals surface area contributed by atoms with Crippen molar-refractivity contribution in [1.82, 2.24) is 0 Å². The summed E-state index contributed by atoms with van der Waals surface area (Å²) in [6.07, 6.45) is 0. The van der Waals surface area contributed by atoms with E-state index >= 15 is 0 Å². The summed E-state index contributed by atoms with van der Waals surface area (Å²) in [4.78, 5) is 16.6. The van der Waals surface area contributed by atoms with Crippen molar-refractivity contribution in [3.8, 4) is 0 Å². The summed E-state index contributed by atoms with van der Waals surface area (Å²) >= 11 is 7.57. The van der Waals surface area contributed by atoms with Crippen LogP contribution in [0.2, 0.25) is 5.02 Å². The Hall–Kier alpha value is -1.59. The van der Waals surface area contributed by atoms with Crippen LogP contribution in [0, 0.1) is 0 Å². The number of thiophene rings is 1. The quantitative estimate of drug-likeness (QED) is 0.493. The molecule has 19 heavy (non-hydrogen) atoms. The van der Waals surface area contributed by atoms with Gasteiger partial charge in [-0.3, -0.25) is 0 Å². The van der Waals surface area contributed by atoms with Crippen LogP contribution in [0.5, 0.6) is 0 Å². The lowest BCUT2D eigenvalue weighted by molar-refractivity contribution is -0.135. The molecule has 0 radical (unpaired) electrons. The molecule has 0 spiro atoms. The molecule has 4 nitrogen and oxygen atoms in total. The minimum Gasteiger partial charge on any atom is -0.461 e. The highest BCUT2D eigenvalue weighted by Gasteiger charge is 2.20. The second kappa shape index (κ2) is 6.04. The van der Waals surface area contributed by atoms with E-state index in [4.69, 9.17) is 21.2 Å². The normalized spacial score (nSPS) is 11.6. The summed E-state index contributed by atoms with van der Waals surface area (Å²) in [5.41, 5.74) is 0.820. The summed E-state index contributed by atoms with van der Waals surface area (Å²) in [6.45, 7) is 2.02. The maximum atomic E-state index is 11.9. The first-order chi connectivity index (χ1) is 9.19. The van der Waals surface area contributed by atoms with Crippen LogP contribution < -0.4 is 0 Å². The second-order valence-corrected chi connectivity index (χ2v) is 4.90. The lowest BCUT2D eigenvalue weighted by Crippen LogP contribution is -2.18. The van der Waals surface area contributed by atoms with Crippen LogP contribution in [-0.4, -0.2) is 25.4 Å². The molecule has 0 fully saturated rings. The first-order valence-corrected chi connectivity index (χ1v) is 6.89. The topological polar surface area (TPSA) is 47.9 Å². The molecular weight excluding hydrogens is 286 g/mol. The fourth-order valence-electron chi connectivity index (χ4n) is 1.69. The van der Waals surface area contributed by atoms with Crippen molar-refractivity contribution in [1.29, 1.82) is 0 Å². The van der Waals surface area contributed by atoms with Gasteiger partial charge >= 0.3 is 5.97 Å². The fourth-order valence-corrected chi connectivity index (χ4v) is 2.96. The van der Waals surface area contributed by atoms with E-state index in [2.05, 4.69) is 5.16 Å². The molecule has 0 amide bonds. The number of ether oxygens (including phenoxy) is 1. The molecule has 6 heteroatoms. The Morgan fingerprint density at radius 2 is 2.26 bits per heavy atom. The number of halogens is 1. The van der Waals surface area contributed by atoms with Crippen molar-refractivity contribution in [2.45, 2.75) is 6.92 Å². The summed E-state index contributed by atoms with van der Waals surface area (Å²) in [7, 11) is 1.39. The van der Waals surface area contributed by atoms with Crippen LogP contribution in [-0.2, 0) is 14.4 Å². The van der Waals surface area contributed by atoms with Crippen molar-refractivity contribution in [2.24, 2.45) is 5.16 Å². The lowest BCUT2D eigenvalue weighted by atomic mass is 10.1. The number of fused-ring (bicyclic) bond motifs is 1. The molecule has 0 aliphatic carbocycles. The van der Waals surface area contributed by atoms with Gasteiger partial charge in [0.05, 0.1) is 16.3 Å². The highest BCUT2D eigenvalue weighted by atomic mass is 35.5. The number of hydrogen-bond acceptors (Lipinski definition) is 5. The minimum absolute atomic E-state index is 0.151. The highest BCUT2D eigenvalue weighted by Crippen LogP contribution is 2.32. The average Bonchev–Trinajstić information content (AvgIpc) is 2.81. The van der Waals surface area contributed by atoms with Crippen LogP contribution >= 0.6 is 22.9 Å². The Morgan fingerprint density at radius 1 is 1.47 bits per heavy atom. The largest absolute Gasteiger partial charge is 0.461 e. The number of nitrogens with zero attached hydrogens (tertiary/aromatic N) is 1. The zero-order chi connectivity index (χ0) is 13.8. The number of esters is 1. The molecule has 0 aliphatic rings. The molecule has 100 valence electrons. The predicted molar refractivity (Wildman–Crippen MR) is 77.0 cm³/mol. The molecule has 0 aliphatic heterocycles. The smallest absolute Gasteiger partial charge is 0.361 e. The van der Waals surface area contributed by atoms with Crippen LogP contribution in [0.1, 0.15) is 12.5 Å². The third-order valence-electron chi connectivity index (χ3n) is 2.46. The molecule has 0 unspecified atom stereocenters. The van der Waals surface area contributed by atoms with Crippen molar-refractivity contribution in [2.75, 3.05) is 13.7 Å². The monoisotopic (exact) mass is 297 g/mol. The molecule has 0 bridgehead atoms. The van der Waals surface area contributed by atoms with Gasteiger partial charge in [0, 0.05) is 16.3 Å². The number of carbonyl (C=O) groups is 1. The van der Waals surface area contributed by atoms with E-state index in [0.717, 1.165) is 10.1 Å². The Kier molecular flexibility index (Phi) is 4.39. The number of rotatable bonds is 4. The molecule has 2 aromatic rings. The number of benzene rings is 1. The fraction of sp³-hybridized carbons (Fsp3) is 0.231. The van der Waals surface area contributed by atoms with Gasteiger partial charge in [-0.05, 0) is 13.0 Å². The van der Waals surface area contributed by atoms with E-state index in [1.807, 2.05) is 23.6 Å². The lowest BCUT2D eigenvalue weighted by Gasteiger charge is -2.04. The van der Waals surface area contributed by atoms with Gasteiger partial charge in [-0.15, -0.1) is 11.3 Å². The first-order valence-electron chi connectivity index (χ1n) is 5.63. The van der Waals surface area contributed by atoms with Gasteiger partial charge in [0.2, 0.25) is 0 Å². The molecule has 1 heterocycles. The van der Waals surface area contributed by atoms with Gasteiger partial charge < -0.3 is 9.57 Å². The number of oxime groups is 1. The van der Waals surface area contributed by atoms with Gasteiger partial charge in [0.15, 0.2) is 5.71 Å². The van der Waals surface area contributed by atoms with E-state index < -0.39 is 5.97 Å². The third kappa shape index (κ3) is 2.72. The van der Waals surface area contributed by atoms with Crippen molar-refractivity contribution >= 4 is 44.7 Å². The van der Waals surface area contributed by atoms with Crippen molar-refractivity contribution in [3.05, 3.63) is 34.2 Å². The summed E-state index contributed by atoms with van der Waals surface area (Å²) in [6, 6.07) is 5.52. The maximum Gasteiger partial charge on any atom is 0.361 e. The maximum absolute atomic E-state index is 11.9. The molecule has 0 atom stereocenters. The average molecular weight is 298 g/mol. The Balaban J connectivity index is 2.55. The van der Waals surface area contributed by atoms with E-state index in [1.165, 1.54) is 18.4 Å². The molecule has 1 aromatic heterocycles. The van der Waals surface area contributed by atoms with E-state index in [9.17, 15) is 4.79 Å². The summed E-state index contributed by atoms with van der Waals surface area (Å²) in [5, 5.41) is 7.11. The molecule has 0 saturated carbocycles. The number of carbonyl (C=O) groups excluding carboxylic acids is 1. The molecule has 1 aromatic carbocycles. The molecule has 2 rings (SSSR count). The zero-order valence-corrected chi connectivity index (χ0v) is 12.0. The second-order valence-electron chi connectivity index (χ2n) is 3.61. The molecule has 0 saturated heterocycles. The SMILES string of the molecule is CCOC(=O)C(=NOC)c1csc2c(Cl)cccc12. The van der Waals surface area contributed by atoms with Gasteiger partial charge in [0.1, 0.15) is 7.11 Å². The number of hydrogen-bond donors (Lipinski definition) is 0.